The molecule has 20 heavy (non-hydrogen) atoms. The first-order chi connectivity index (χ1) is 9.72. The second-order valence-electron chi connectivity index (χ2n) is 4.72. The van der Waals surface area contributed by atoms with Crippen LogP contribution in [0.15, 0.2) is 34.7 Å². The van der Waals surface area contributed by atoms with E-state index in [1.807, 2.05) is 18.2 Å². The van der Waals surface area contributed by atoms with Gasteiger partial charge in [0, 0.05) is 20.0 Å². The van der Waals surface area contributed by atoms with Crippen LogP contribution in [0.1, 0.15) is 16.1 Å². The predicted molar refractivity (Wildman–Crippen MR) is 74.7 cm³/mol. The zero-order valence-electron chi connectivity index (χ0n) is 11.2. The van der Waals surface area contributed by atoms with Gasteiger partial charge < -0.3 is 20.2 Å². The molecule has 2 aromatic rings. The Balaban J connectivity index is 1.98. The monoisotopic (exact) mass is 272 g/mol. The Morgan fingerprint density at radius 2 is 2.25 bits per heavy atom. The minimum atomic E-state index is -0.246. The third kappa shape index (κ3) is 2.06. The number of amides is 1. The number of ether oxygens (including phenoxy) is 1. The van der Waals surface area contributed by atoms with Crippen molar-refractivity contribution < 1.29 is 13.9 Å². The first kappa shape index (κ1) is 12.7. The summed E-state index contributed by atoms with van der Waals surface area (Å²) < 4.78 is 11.4. The number of hydrogen-bond acceptors (Lipinski definition) is 4. The number of carbonyl (C=O) groups excluding carboxylic acids is 1. The van der Waals surface area contributed by atoms with Crippen molar-refractivity contribution in [2.24, 2.45) is 5.73 Å². The highest BCUT2D eigenvalue weighted by Gasteiger charge is 2.25. The normalized spacial score (nSPS) is 16.6. The zero-order chi connectivity index (χ0) is 14.1. The van der Waals surface area contributed by atoms with Gasteiger partial charge in [-0.25, -0.2) is 0 Å². The number of rotatable bonds is 3. The Bertz CT molecular complexity index is 648. The lowest BCUT2D eigenvalue weighted by Crippen LogP contribution is -2.24. The molecule has 0 fully saturated rings. The number of hydrogen-bond donors (Lipinski definition) is 2. The first-order valence-corrected chi connectivity index (χ1v) is 6.54. The van der Waals surface area contributed by atoms with Crippen molar-refractivity contribution in [2.75, 3.05) is 13.6 Å². The fraction of sp³-hybridized carbons (Fsp3) is 0.267. The van der Waals surface area contributed by atoms with E-state index in [4.69, 9.17) is 14.9 Å². The summed E-state index contributed by atoms with van der Waals surface area (Å²) >= 11 is 0. The van der Waals surface area contributed by atoms with Gasteiger partial charge in [-0.3, -0.25) is 4.79 Å². The molecule has 2 heterocycles. The van der Waals surface area contributed by atoms with E-state index in [1.54, 1.807) is 19.2 Å². The quantitative estimate of drug-likeness (QED) is 0.889. The Morgan fingerprint density at radius 3 is 3.00 bits per heavy atom. The number of carbonyl (C=O) groups is 1. The molecule has 0 bridgehead atoms. The van der Waals surface area contributed by atoms with Gasteiger partial charge in [0.1, 0.15) is 17.6 Å². The topological polar surface area (TPSA) is 77.5 Å². The third-order valence-corrected chi connectivity index (χ3v) is 3.41. The molecule has 3 rings (SSSR count). The lowest BCUT2D eigenvalue weighted by molar-refractivity contribution is 0.0936. The number of fused-ring (bicyclic) bond motifs is 1. The van der Waals surface area contributed by atoms with E-state index in [1.165, 1.54) is 0 Å². The molecular formula is C15H16N2O3. The largest absolute Gasteiger partial charge is 0.488 e. The summed E-state index contributed by atoms with van der Waals surface area (Å²) in [6.07, 6.45) is 0.822. The molecule has 5 nitrogen and oxygen atoms in total. The summed E-state index contributed by atoms with van der Waals surface area (Å²) in [4.78, 5) is 11.5. The van der Waals surface area contributed by atoms with E-state index in [9.17, 15) is 4.79 Å². The number of benzene rings is 1. The Morgan fingerprint density at radius 1 is 1.40 bits per heavy atom. The number of furan rings is 1. The molecule has 0 spiro atoms. The smallest absolute Gasteiger partial charge is 0.286 e. The molecule has 1 aromatic heterocycles. The summed E-state index contributed by atoms with van der Waals surface area (Å²) in [5.74, 6) is 1.47. The molecule has 1 aromatic carbocycles. The van der Waals surface area contributed by atoms with Gasteiger partial charge >= 0.3 is 0 Å². The van der Waals surface area contributed by atoms with Gasteiger partial charge in [0.15, 0.2) is 5.76 Å². The van der Waals surface area contributed by atoms with Gasteiger partial charge in [-0.05, 0) is 23.8 Å². The average molecular weight is 272 g/mol. The van der Waals surface area contributed by atoms with Gasteiger partial charge in [0.2, 0.25) is 0 Å². The molecule has 0 radical (unpaired) electrons. The highest BCUT2D eigenvalue weighted by Crippen LogP contribution is 2.39. The molecule has 3 N–H and O–H groups in total. The van der Waals surface area contributed by atoms with Gasteiger partial charge in [-0.15, -0.1) is 0 Å². The molecule has 0 aliphatic carbocycles. The van der Waals surface area contributed by atoms with Gasteiger partial charge in [-0.2, -0.15) is 0 Å². The van der Waals surface area contributed by atoms with Crippen molar-refractivity contribution in [3.05, 3.63) is 41.7 Å². The molecular weight excluding hydrogens is 256 g/mol. The second-order valence-corrected chi connectivity index (χ2v) is 4.72. The van der Waals surface area contributed by atoms with Gasteiger partial charge in [-0.1, -0.05) is 12.1 Å². The van der Waals surface area contributed by atoms with Gasteiger partial charge in [0.25, 0.3) is 5.91 Å². The van der Waals surface area contributed by atoms with Crippen molar-refractivity contribution in [1.82, 2.24) is 5.32 Å². The second kappa shape index (κ2) is 5.02. The summed E-state index contributed by atoms with van der Waals surface area (Å²) in [7, 11) is 1.57. The number of para-hydroxylation sites is 1. The van der Waals surface area contributed by atoms with Crippen LogP contribution in [0, 0.1) is 0 Å². The lowest BCUT2D eigenvalue weighted by atomic mass is 10.1. The minimum Gasteiger partial charge on any atom is -0.488 e. The Labute approximate surface area is 116 Å². The molecule has 1 amide bonds. The van der Waals surface area contributed by atoms with Crippen LogP contribution in [0.3, 0.4) is 0 Å². The molecule has 0 saturated heterocycles. The van der Waals surface area contributed by atoms with Crippen molar-refractivity contribution >= 4 is 5.91 Å². The lowest BCUT2D eigenvalue weighted by Gasteiger charge is -2.09. The standard InChI is InChI=1S/C15H16N2O3/c1-17-15(18)13-6-5-12(20-13)11-4-2-3-9-7-10(8-16)19-14(9)11/h2-6,10H,7-8,16H2,1H3,(H,17,18)/t10-/m1/s1. The summed E-state index contributed by atoms with van der Waals surface area (Å²) in [6.45, 7) is 0.482. The van der Waals surface area contributed by atoms with Crippen LogP contribution in [0.5, 0.6) is 5.75 Å². The minimum absolute atomic E-state index is 0.0134. The Kier molecular flexibility index (Phi) is 3.20. The molecule has 1 atom stereocenters. The van der Waals surface area contributed by atoms with Crippen LogP contribution in [0.25, 0.3) is 11.3 Å². The van der Waals surface area contributed by atoms with E-state index in [0.717, 1.165) is 23.3 Å². The van der Waals surface area contributed by atoms with Crippen LogP contribution in [-0.4, -0.2) is 25.6 Å². The fourth-order valence-electron chi connectivity index (χ4n) is 2.39. The predicted octanol–water partition coefficient (Wildman–Crippen LogP) is 1.57. The maximum absolute atomic E-state index is 11.5. The van der Waals surface area contributed by atoms with E-state index >= 15 is 0 Å². The fourth-order valence-corrected chi connectivity index (χ4v) is 2.39. The van der Waals surface area contributed by atoms with Crippen molar-refractivity contribution in [1.29, 1.82) is 0 Å². The summed E-state index contributed by atoms with van der Waals surface area (Å²) in [5.41, 5.74) is 7.64. The van der Waals surface area contributed by atoms with Crippen molar-refractivity contribution in [3.8, 4) is 17.1 Å². The Hall–Kier alpha value is -2.27. The van der Waals surface area contributed by atoms with Gasteiger partial charge in [0.05, 0.1) is 5.56 Å². The molecule has 5 heteroatoms. The zero-order valence-corrected chi connectivity index (χ0v) is 11.2. The highest BCUT2D eigenvalue weighted by atomic mass is 16.5. The maximum Gasteiger partial charge on any atom is 0.286 e. The number of nitrogens with two attached hydrogens (primary N) is 1. The molecule has 0 unspecified atom stereocenters. The maximum atomic E-state index is 11.5. The first-order valence-electron chi connectivity index (χ1n) is 6.54. The SMILES string of the molecule is CNC(=O)c1ccc(-c2cccc3c2O[C@@H](CN)C3)o1. The third-order valence-electron chi connectivity index (χ3n) is 3.41. The van der Waals surface area contributed by atoms with Crippen LogP contribution < -0.4 is 15.8 Å². The van der Waals surface area contributed by atoms with E-state index in [-0.39, 0.29) is 17.8 Å². The van der Waals surface area contributed by atoms with E-state index in [0.29, 0.717) is 12.3 Å². The molecule has 0 saturated carbocycles. The average Bonchev–Trinajstić information content (AvgIpc) is 3.12. The van der Waals surface area contributed by atoms with E-state index in [2.05, 4.69) is 5.32 Å². The molecule has 1 aliphatic rings. The highest BCUT2D eigenvalue weighted by molar-refractivity contribution is 5.92. The van der Waals surface area contributed by atoms with Crippen LogP contribution in [-0.2, 0) is 6.42 Å². The molecule has 1 aliphatic heterocycles. The van der Waals surface area contributed by atoms with Crippen molar-refractivity contribution in [2.45, 2.75) is 12.5 Å². The van der Waals surface area contributed by atoms with Crippen LogP contribution in [0.2, 0.25) is 0 Å². The molecule has 104 valence electrons. The van der Waals surface area contributed by atoms with E-state index < -0.39 is 0 Å². The summed E-state index contributed by atoms with van der Waals surface area (Å²) in [5, 5.41) is 2.53. The van der Waals surface area contributed by atoms with Crippen molar-refractivity contribution in [3.63, 3.8) is 0 Å². The van der Waals surface area contributed by atoms with Crippen LogP contribution >= 0.6 is 0 Å². The van der Waals surface area contributed by atoms with Crippen LogP contribution in [0.4, 0.5) is 0 Å². The number of nitrogens with one attached hydrogen (secondary N) is 1. The summed E-state index contributed by atoms with van der Waals surface area (Å²) in [6, 6.07) is 9.34.